The highest BCUT2D eigenvalue weighted by Crippen LogP contribution is 2.32. The number of hydrogen-bond donors (Lipinski definition) is 0. The van der Waals surface area contributed by atoms with Crippen molar-refractivity contribution in [3.05, 3.63) is 30.3 Å². The summed E-state index contributed by atoms with van der Waals surface area (Å²) in [6.07, 6.45) is 0.336. The van der Waals surface area contributed by atoms with Gasteiger partial charge in [-0.1, -0.05) is 0 Å². The van der Waals surface area contributed by atoms with Crippen LogP contribution in [0.2, 0.25) is 0 Å². The highest BCUT2D eigenvalue weighted by Gasteiger charge is 2.40. The predicted molar refractivity (Wildman–Crippen MR) is 87.5 cm³/mol. The number of carbonyl (C=O) groups is 1. The number of aromatic nitrogens is 2. The van der Waals surface area contributed by atoms with Gasteiger partial charge in [0.15, 0.2) is 0 Å². The Labute approximate surface area is 143 Å². The Morgan fingerprint density at radius 3 is 2.84 bits per heavy atom. The lowest BCUT2D eigenvalue weighted by atomic mass is 10.1. The van der Waals surface area contributed by atoms with E-state index in [-0.39, 0.29) is 18.9 Å². The Hall–Kier alpha value is -2.35. The zero-order chi connectivity index (χ0) is 17.4. The second kappa shape index (κ2) is 6.51. The van der Waals surface area contributed by atoms with Gasteiger partial charge in [-0.3, -0.25) is 4.79 Å². The number of benzene rings is 1. The fraction of sp³-hybridized carbons (Fsp3) is 0.471. The molecule has 0 unspecified atom stereocenters. The van der Waals surface area contributed by atoms with Crippen LogP contribution in [0.25, 0.3) is 10.9 Å². The fourth-order valence-corrected chi connectivity index (χ4v) is 3.49. The van der Waals surface area contributed by atoms with Gasteiger partial charge in [0.25, 0.3) is 0 Å². The molecule has 3 heterocycles. The minimum absolute atomic E-state index is 0.0589. The number of carbonyl (C=O) groups excluding carboxylic acids is 1. The maximum absolute atomic E-state index is 14.2. The lowest BCUT2D eigenvalue weighted by molar-refractivity contribution is -0.136. The molecule has 4 rings (SSSR count). The number of amides is 1. The van der Waals surface area contributed by atoms with E-state index in [0.29, 0.717) is 43.0 Å². The van der Waals surface area contributed by atoms with Crippen LogP contribution in [0.4, 0.5) is 14.6 Å². The molecule has 2 saturated heterocycles. The third-order valence-electron chi connectivity index (χ3n) is 4.71. The van der Waals surface area contributed by atoms with Crippen LogP contribution in [-0.4, -0.2) is 65.8 Å². The Balaban J connectivity index is 1.70. The number of morpholine rings is 1. The maximum atomic E-state index is 14.2. The van der Waals surface area contributed by atoms with E-state index in [1.807, 2.05) is 0 Å². The van der Waals surface area contributed by atoms with Crippen molar-refractivity contribution in [2.24, 2.45) is 0 Å². The minimum atomic E-state index is -1.13. The summed E-state index contributed by atoms with van der Waals surface area (Å²) in [5.74, 6) is -0.154. The van der Waals surface area contributed by atoms with Gasteiger partial charge in [-0.25, -0.2) is 18.7 Å². The largest absolute Gasteiger partial charge is 0.378 e. The van der Waals surface area contributed by atoms with E-state index >= 15 is 0 Å². The van der Waals surface area contributed by atoms with E-state index in [9.17, 15) is 13.6 Å². The monoisotopic (exact) mass is 348 g/mol. The first-order valence-electron chi connectivity index (χ1n) is 8.31. The van der Waals surface area contributed by atoms with E-state index in [1.165, 1.54) is 18.5 Å². The Bertz CT molecular complexity index is 797. The molecule has 0 aliphatic carbocycles. The molecule has 0 radical (unpaired) electrons. The SMILES string of the molecule is O=C([C@@H]1C[C@@H](F)CN1c1ncnc2ccc(F)cc12)N1CCOCC1. The van der Waals surface area contributed by atoms with Crippen molar-refractivity contribution in [1.82, 2.24) is 14.9 Å². The first-order chi connectivity index (χ1) is 12.1. The fourth-order valence-electron chi connectivity index (χ4n) is 3.49. The molecule has 1 aromatic heterocycles. The molecule has 8 heteroatoms. The van der Waals surface area contributed by atoms with Gasteiger partial charge in [0.1, 0.15) is 30.2 Å². The van der Waals surface area contributed by atoms with Gasteiger partial charge in [-0.15, -0.1) is 0 Å². The van der Waals surface area contributed by atoms with E-state index in [4.69, 9.17) is 4.74 Å². The first kappa shape index (κ1) is 16.1. The molecule has 6 nitrogen and oxygen atoms in total. The molecule has 2 fully saturated rings. The van der Waals surface area contributed by atoms with Gasteiger partial charge < -0.3 is 14.5 Å². The standard InChI is InChI=1S/C17H18F2N4O2/c18-11-1-2-14-13(7-11)16(21-10-20-14)23-9-12(19)8-15(23)17(24)22-3-5-25-6-4-22/h1-2,7,10,12,15H,3-6,8-9H2/t12-,15+/m1/s1. The number of rotatable bonds is 2. The summed E-state index contributed by atoms with van der Waals surface area (Å²) >= 11 is 0. The average Bonchev–Trinajstić information content (AvgIpc) is 3.02. The van der Waals surface area contributed by atoms with Crippen molar-refractivity contribution in [2.45, 2.75) is 18.6 Å². The van der Waals surface area contributed by atoms with Crippen molar-refractivity contribution < 1.29 is 18.3 Å². The highest BCUT2D eigenvalue weighted by molar-refractivity contribution is 5.93. The van der Waals surface area contributed by atoms with Crippen LogP contribution in [0.1, 0.15) is 6.42 Å². The van der Waals surface area contributed by atoms with Crippen LogP contribution in [0.15, 0.2) is 24.5 Å². The third-order valence-corrected chi connectivity index (χ3v) is 4.71. The molecule has 0 saturated carbocycles. The van der Waals surface area contributed by atoms with Crippen LogP contribution in [0.3, 0.4) is 0 Å². The number of anilines is 1. The number of alkyl halides is 1. The molecule has 2 aliphatic rings. The van der Waals surface area contributed by atoms with E-state index in [0.717, 1.165) is 0 Å². The number of fused-ring (bicyclic) bond motifs is 1. The zero-order valence-electron chi connectivity index (χ0n) is 13.6. The van der Waals surface area contributed by atoms with Gasteiger partial charge in [-0.05, 0) is 18.2 Å². The van der Waals surface area contributed by atoms with E-state index in [1.54, 1.807) is 15.9 Å². The quantitative estimate of drug-likeness (QED) is 0.824. The minimum Gasteiger partial charge on any atom is -0.378 e. The summed E-state index contributed by atoms with van der Waals surface area (Å²) in [7, 11) is 0. The molecule has 2 atom stereocenters. The van der Waals surface area contributed by atoms with Crippen LogP contribution in [-0.2, 0) is 9.53 Å². The summed E-state index contributed by atoms with van der Waals surface area (Å²) in [5.41, 5.74) is 0.561. The molecule has 1 amide bonds. The molecule has 132 valence electrons. The maximum Gasteiger partial charge on any atom is 0.245 e. The van der Waals surface area contributed by atoms with Gasteiger partial charge >= 0.3 is 0 Å². The third kappa shape index (κ3) is 3.02. The Morgan fingerprint density at radius 1 is 1.24 bits per heavy atom. The second-order valence-electron chi connectivity index (χ2n) is 6.30. The Morgan fingerprint density at radius 2 is 2.04 bits per heavy atom. The summed E-state index contributed by atoms with van der Waals surface area (Å²) < 4.78 is 33.1. The second-order valence-corrected chi connectivity index (χ2v) is 6.30. The molecule has 25 heavy (non-hydrogen) atoms. The normalized spacial score (nSPS) is 24.1. The predicted octanol–water partition coefficient (Wildman–Crippen LogP) is 1.54. The van der Waals surface area contributed by atoms with E-state index < -0.39 is 18.0 Å². The smallest absolute Gasteiger partial charge is 0.245 e. The van der Waals surface area contributed by atoms with Gasteiger partial charge in [-0.2, -0.15) is 0 Å². The lowest BCUT2D eigenvalue weighted by Gasteiger charge is -2.33. The van der Waals surface area contributed by atoms with Gasteiger partial charge in [0.2, 0.25) is 5.91 Å². The van der Waals surface area contributed by atoms with Crippen LogP contribution in [0, 0.1) is 5.82 Å². The Kier molecular flexibility index (Phi) is 4.20. The summed E-state index contributed by atoms with van der Waals surface area (Å²) in [5, 5.41) is 0.483. The van der Waals surface area contributed by atoms with Gasteiger partial charge in [0.05, 0.1) is 25.3 Å². The summed E-state index contributed by atoms with van der Waals surface area (Å²) in [6, 6.07) is 3.55. The molecular formula is C17H18F2N4O2. The van der Waals surface area contributed by atoms with Crippen LogP contribution < -0.4 is 4.90 Å². The number of halogens is 2. The molecule has 1 aromatic carbocycles. The van der Waals surface area contributed by atoms with Crippen molar-refractivity contribution in [2.75, 3.05) is 37.7 Å². The summed E-state index contributed by atoms with van der Waals surface area (Å²) in [6.45, 7) is 2.03. The molecule has 2 aromatic rings. The van der Waals surface area contributed by atoms with Crippen molar-refractivity contribution in [1.29, 1.82) is 0 Å². The molecule has 2 aliphatic heterocycles. The molecule has 0 bridgehead atoms. The van der Waals surface area contributed by atoms with E-state index in [2.05, 4.69) is 9.97 Å². The van der Waals surface area contributed by atoms with Crippen molar-refractivity contribution in [3.63, 3.8) is 0 Å². The average molecular weight is 348 g/mol. The highest BCUT2D eigenvalue weighted by atomic mass is 19.1. The molecule has 0 N–H and O–H groups in total. The number of ether oxygens (including phenoxy) is 1. The molecular weight excluding hydrogens is 330 g/mol. The number of hydrogen-bond acceptors (Lipinski definition) is 5. The van der Waals surface area contributed by atoms with Crippen molar-refractivity contribution >= 4 is 22.6 Å². The van der Waals surface area contributed by atoms with Gasteiger partial charge in [0, 0.05) is 24.9 Å². The molecule has 0 spiro atoms. The summed E-state index contributed by atoms with van der Waals surface area (Å²) in [4.78, 5) is 24.6. The van der Waals surface area contributed by atoms with Crippen LogP contribution >= 0.6 is 0 Å². The first-order valence-corrected chi connectivity index (χ1v) is 8.31. The van der Waals surface area contributed by atoms with Crippen LogP contribution in [0.5, 0.6) is 0 Å². The topological polar surface area (TPSA) is 58.6 Å². The zero-order valence-corrected chi connectivity index (χ0v) is 13.6. The number of nitrogens with zero attached hydrogens (tertiary/aromatic N) is 4. The lowest BCUT2D eigenvalue weighted by Crippen LogP contribution is -2.50. The van der Waals surface area contributed by atoms with Crippen molar-refractivity contribution in [3.8, 4) is 0 Å².